The first kappa shape index (κ1) is 22.5. The van der Waals surface area contributed by atoms with Gasteiger partial charge in [0.2, 0.25) is 0 Å². The van der Waals surface area contributed by atoms with Crippen LogP contribution in [-0.2, 0) is 23.6 Å². The van der Waals surface area contributed by atoms with Crippen molar-refractivity contribution in [3.8, 4) is 0 Å². The third kappa shape index (κ3) is 113. The van der Waals surface area contributed by atoms with Gasteiger partial charge in [-0.15, -0.1) is 0 Å². The Morgan fingerprint density at radius 2 is 1.00 bits per heavy atom. The molecule has 0 heterocycles. The molecule has 0 spiro atoms. The molecule has 0 aromatic heterocycles. The van der Waals surface area contributed by atoms with Crippen molar-refractivity contribution >= 4 is 37.7 Å². The molecule has 0 aromatic rings. The normalized spacial score (nSPS) is 5.33. The molecule has 58 valence electrons. The van der Waals surface area contributed by atoms with E-state index in [1.807, 2.05) is 0 Å². The zero-order valence-electron chi connectivity index (χ0n) is 4.87. The quantitative estimate of drug-likeness (QED) is 0.635. The van der Waals surface area contributed by atoms with Crippen molar-refractivity contribution < 1.29 is 0 Å². The zero-order chi connectivity index (χ0) is 7.41. The molecule has 6 heteroatoms. The molecule has 0 rings (SSSR count). The molecule has 0 aromatic carbocycles. The maximum atomic E-state index is 4.50. The number of rotatable bonds is 1. The van der Waals surface area contributed by atoms with Crippen LogP contribution in [0.15, 0.2) is 0 Å². The second-order valence-electron chi connectivity index (χ2n) is 0.163. The van der Waals surface area contributed by atoms with Gasteiger partial charge in [-0.3, -0.25) is 0 Å². The summed E-state index contributed by atoms with van der Waals surface area (Å²) in [4.78, 5) is 0. The molecule has 0 saturated heterocycles. The standard InChI is InChI=1S/2CH5N.CH4.P2S2/c2*1-2;;3-1-2-4/h2*2H2,1H3;1H4;. The van der Waals surface area contributed by atoms with Crippen LogP contribution in [0.2, 0.25) is 0 Å². The van der Waals surface area contributed by atoms with Gasteiger partial charge in [0.1, 0.15) is 0 Å². The Hall–Kier alpha value is 0.960. The summed E-state index contributed by atoms with van der Waals surface area (Å²) in [5.41, 5.74) is 9.00. The van der Waals surface area contributed by atoms with Gasteiger partial charge in [-0.25, -0.2) is 0 Å². The minimum absolute atomic E-state index is 0. The fourth-order valence-corrected chi connectivity index (χ4v) is 0. The highest BCUT2D eigenvalue weighted by Gasteiger charge is 1.39. The zero-order valence-corrected chi connectivity index (χ0v) is 8.29. The van der Waals surface area contributed by atoms with Crippen molar-refractivity contribution in [2.75, 3.05) is 14.1 Å². The van der Waals surface area contributed by atoms with Crippen LogP contribution in [0.25, 0.3) is 0 Å². The van der Waals surface area contributed by atoms with E-state index in [4.69, 9.17) is 0 Å². The van der Waals surface area contributed by atoms with Crippen LogP contribution in [0, 0.1) is 0 Å². The first-order valence-corrected chi connectivity index (χ1v) is 6.24. The lowest BCUT2D eigenvalue weighted by atomic mass is 11.6. The fraction of sp³-hybridized carbons (Fsp3) is 1.00. The smallest absolute Gasteiger partial charge is 0.0464 e. The number of nitrogens with two attached hydrogens (primary N) is 2. The summed E-state index contributed by atoms with van der Waals surface area (Å²) in [6.45, 7) is 0. The van der Waals surface area contributed by atoms with Gasteiger partial charge < -0.3 is 11.5 Å². The molecule has 0 unspecified atom stereocenters. The van der Waals surface area contributed by atoms with Crippen LogP contribution in [0.5, 0.6) is 0 Å². The largest absolute Gasteiger partial charge is 0.333 e. The highest BCUT2D eigenvalue weighted by atomic mass is 32.7. The molecule has 0 amide bonds. The second kappa shape index (κ2) is 64.8. The first-order chi connectivity index (χ1) is 3.91. The third-order valence-electron chi connectivity index (χ3n) is 0.0333. The van der Waals surface area contributed by atoms with Crippen LogP contribution < -0.4 is 11.5 Å². The molecule has 4 N–H and O–H groups in total. The van der Waals surface area contributed by atoms with Crippen LogP contribution >= 0.6 is 14.1 Å². The Morgan fingerprint density at radius 1 is 0.889 bits per heavy atom. The minimum atomic E-state index is 0. The Kier molecular flexibility index (Phi) is 162. The molecular formula is C3H14N2P2S2. The van der Waals surface area contributed by atoms with E-state index in [1.165, 1.54) is 14.1 Å². The van der Waals surface area contributed by atoms with E-state index < -0.39 is 0 Å². The van der Waals surface area contributed by atoms with Crippen molar-refractivity contribution in [1.29, 1.82) is 0 Å². The van der Waals surface area contributed by atoms with Crippen molar-refractivity contribution in [2.45, 2.75) is 7.43 Å². The second-order valence-corrected chi connectivity index (χ2v) is 4.41. The maximum Gasteiger partial charge on any atom is 0.0464 e. The van der Waals surface area contributed by atoms with Gasteiger partial charge in [-0.1, -0.05) is 7.43 Å². The SMILES string of the molecule is C.CN.CN.S=PP=S. The molecule has 0 fully saturated rings. The summed E-state index contributed by atoms with van der Waals surface area (Å²) in [5, 5.41) is 0. The van der Waals surface area contributed by atoms with E-state index in [0.29, 0.717) is 0 Å². The molecule has 0 aliphatic heterocycles. The summed E-state index contributed by atoms with van der Waals surface area (Å²) < 4.78 is 0. The summed E-state index contributed by atoms with van der Waals surface area (Å²) >= 11 is 8.82. The van der Waals surface area contributed by atoms with Crippen LogP contribution in [-0.4, -0.2) is 14.1 Å². The van der Waals surface area contributed by atoms with Crippen LogP contribution in [0.4, 0.5) is 0 Å². The van der Waals surface area contributed by atoms with E-state index in [-0.39, 0.29) is 7.43 Å². The van der Waals surface area contributed by atoms with Crippen LogP contribution in [0.1, 0.15) is 7.43 Å². The lowest BCUT2D eigenvalue weighted by Gasteiger charge is -1.34. The van der Waals surface area contributed by atoms with Gasteiger partial charge >= 0.3 is 0 Å². The average molecular weight is 204 g/mol. The Labute approximate surface area is 71.0 Å². The predicted molar refractivity (Wildman–Crippen MR) is 55.5 cm³/mol. The molecule has 0 saturated carbocycles. The Morgan fingerprint density at radius 3 is 1.00 bits per heavy atom. The van der Waals surface area contributed by atoms with Gasteiger partial charge in [0.15, 0.2) is 0 Å². The molecule has 0 bridgehead atoms. The van der Waals surface area contributed by atoms with Gasteiger partial charge in [-0.2, -0.15) is 0 Å². The number of hydrogen-bond acceptors (Lipinski definition) is 4. The van der Waals surface area contributed by atoms with Crippen molar-refractivity contribution in [3.63, 3.8) is 0 Å². The highest BCUT2D eigenvalue weighted by molar-refractivity contribution is 8.40. The van der Waals surface area contributed by atoms with E-state index in [2.05, 4.69) is 35.1 Å². The third-order valence-corrected chi connectivity index (χ3v) is 2.70. The average Bonchev–Trinajstić information content (AvgIpc) is 1.96. The van der Waals surface area contributed by atoms with Gasteiger partial charge in [0.25, 0.3) is 0 Å². The molecule has 0 radical (unpaired) electrons. The molecule has 0 aliphatic carbocycles. The predicted octanol–water partition coefficient (Wildman–Crippen LogP) is 1.50. The Balaban J connectivity index is -0.0000000221. The van der Waals surface area contributed by atoms with E-state index >= 15 is 0 Å². The van der Waals surface area contributed by atoms with Gasteiger partial charge in [0.05, 0.1) is 0 Å². The van der Waals surface area contributed by atoms with Crippen LogP contribution in [0.3, 0.4) is 0 Å². The summed E-state index contributed by atoms with van der Waals surface area (Å²) in [6.07, 6.45) is 0. The highest BCUT2D eigenvalue weighted by Crippen LogP contribution is 2.10. The van der Waals surface area contributed by atoms with E-state index in [0.717, 1.165) is 14.1 Å². The summed E-state index contributed by atoms with van der Waals surface area (Å²) in [6, 6.07) is 0. The molecule has 2 nitrogen and oxygen atoms in total. The van der Waals surface area contributed by atoms with Crippen molar-refractivity contribution in [3.05, 3.63) is 0 Å². The fourth-order valence-electron chi connectivity index (χ4n) is 0. The van der Waals surface area contributed by atoms with Gasteiger partial charge in [0, 0.05) is 14.1 Å². The molecule has 0 atom stereocenters. The molecule has 0 aliphatic rings. The van der Waals surface area contributed by atoms with Gasteiger partial charge in [-0.05, 0) is 37.7 Å². The summed E-state index contributed by atoms with van der Waals surface area (Å²) in [7, 11) is 4.74. The Bertz CT molecular complexity index is 38.8. The molecule has 9 heavy (non-hydrogen) atoms. The van der Waals surface area contributed by atoms with E-state index in [9.17, 15) is 0 Å². The minimum Gasteiger partial charge on any atom is -0.333 e. The lowest BCUT2D eigenvalue weighted by molar-refractivity contribution is 1.48. The summed E-state index contributed by atoms with van der Waals surface area (Å²) in [5.74, 6) is 0. The number of hydrogen-bond donors (Lipinski definition) is 2. The van der Waals surface area contributed by atoms with E-state index in [1.54, 1.807) is 0 Å². The molecular weight excluding hydrogens is 190 g/mol. The maximum absolute atomic E-state index is 4.50. The topological polar surface area (TPSA) is 52.0 Å². The van der Waals surface area contributed by atoms with Crippen molar-refractivity contribution in [1.82, 2.24) is 0 Å². The van der Waals surface area contributed by atoms with Crippen molar-refractivity contribution in [2.24, 2.45) is 11.5 Å². The first-order valence-electron chi connectivity index (χ1n) is 1.72. The monoisotopic (exact) mass is 204 g/mol. The lowest BCUT2D eigenvalue weighted by Crippen LogP contribution is -1.69.